The first-order chi connectivity index (χ1) is 33.9. The number of aromatic nitrogens is 2. The smallest absolute Gasteiger partial charge is 0.0641 e. The molecule has 0 saturated carbocycles. The molecule has 13 rings (SSSR count). The van der Waals surface area contributed by atoms with Crippen LogP contribution in [0.5, 0.6) is 0 Å². The zero-order chi connectivity index (χ0) is 47.8. The number of rotatable bonds is 8. The first kappa shape index (κ1) is 42.3. The predicted molar refractivity (Wildman–Crippen MR) is 301 cm³/mol. The van der Waals surface area contributed by atoms with Crippen LogP contribution in [0.4, 0.5) is 34.1 Å². The van der Waals surface area contributed by atoms with Crippen molar-refractivity contribution in [3.63, 3.8) is 0 Å². The molecule has 0 aliphatic rings. The number of fused-ring (bicyclic) bond motifs is 12. The number of aryl methyl sites for hydroxylation is 2. The van der Waals surface area contributed by atoms with Crippen molar-refractivity contribution >= 4 is 110 Å². The second kappa shape index (κ2) is 15.3. The molecular weight excluding hydrogens is 849 g/mol. The van der Waals surface area contributed by atoms with Gasteiger partial charge < -0.3 is 18.6 Å². The number of para-hydroxylation sites is 2. The fourth-order valence-electron chi connectivity index (χ4n) is 11.7. The normalized spacial score (nSPS) is 12.7. The van der Waals surface area contributed by atoms with Gasteiger partial charge in [0.2, 0.25) is 0 Å². The van der Waals surface area contributed by atoms with E-state index in [1.165, 1.54) is 110 Å². The largest absolute Gasteiger partial charge is 0.310 e. The van der Waals surface area contributed by atoms with E-state index in [2.05, 4.69) is 256 Å². The topological polar surface area (TPSA) is 15.3 Å². The summed E-state index contributed by atoms with van der Waals surface area (Å²) < 4.78 is 5.12. The summed E-state index contributed by atoms with van der Waals surface area (Å²) in [6, 6.07) is 69.3. The Kier molecular flexibility index (Phi) is 9.27. The molecule has 0 spiro atoms. The Bertz CT molecular complexity index is 3880. The van der Waals surface area contributed by atoms with Crippen molar-refractivity contribution in [2.45, 2.75) is 79.1 Å². The second-order valence-corrected chi connectivity index (χ2v) is 21.6. The second-order valence-electron chi connectivity index (χ2n) is 21.6. The van der Waals surface area contributed by atoms with Crippen molar-refractivity contribution in [3.05, 3.63) is 204 Å². The summed E-state index contributed by atoms with van der Waals surface area (Å²) >= 11 is 0. The average molecular weight is 907 g/mol. The van der Waals surface area contributed by atoms with E-state index in [4.69, 9.17) is 0 Å². The van der Waals surface area contributed by atoms with E-state index in [-0.39, 0.29) is 10.8 Å². The molecule has 0 saturated heterocycles. The van der Waals surface area contributed by atoms with Gasteiger partial charge in [-0.2, -0.15) is 0 Å². The van der Waals surface area contributed by atoms with E-state index >= 15 is 0 Å². The molecule has 0 N–H and O–H groups in total. The number of anilines is 6. The lowest BCUT2D eigenvalue weighted by atomic mass is 9.86. The van der Waals surface area contributed by atoms with Crippen LogP contribution in [0.3, 0.4) is 0 Å². The molecule has 0 aliphatic carbocycles. The molecule has 342 valence electrons. The van der Waals surface area contributed by atoms with Crippen LogP contribution in [0.1, 0.15) is 77.6 Å². The van der Waals surface area contributed by atoms with Crippen molar-refractivity contribution in [1.29, 1.82) is 0 Å². The van der Waals surface area contributed by atoms with Crippen LogP contribution in [0.15, 0.2) is 182 Å². The van der Waals surface area contributed by atoms with Gasteiger partial charge in [0.15, 0.2) is 0 Å². The Labute approximate surface area is 410 Å². The molecule has 4 heteroatoms. The fraction of sp³-hybridized carbons (Fsp3) is 0.182. The Morgan fingerprint density at radius 3 is 1.13 bits per heavy atom. The van der Waals surface area contributed by atoms with E-state index in [1.54, 1.807) is 0 Å². The Morgan fingerprint density at radius 2 is 0.743 bits per heavy atom. The number of nitrogens with zero attached hydrogens (tertiary/aromatic N) is 4. The zero-order valence-corrected chi connectivity index (χ0v) is 41.5. The molecule has 0 bridgehead atoms. The monoisotopic (exact) mass is 906 g/mol. The summed E-state index contributed by atoms with van der Waals surface area (Å²) in [5, 5.41) is 10.1. The molecule has 13 aromatic rings. The van der Waals surface area contributed by atoms with Gasteiger partial charge in [-0.25, -0.2) is 0 Å². The van der Waals surface area contributed by atoms with Gasteiger partial charge in [0.1, 0.15) is 0 Å². The molecule has 0 unspecified atom stereocenters. The first-order valence-corrected chi connectivity index (χ1v) is 25.2. The van der Waals surface area contributed by atoms with Crippen LogP contribution in [0.2, 0.25) is 0 Å². The molecule has 4 heterocycles. The van der Waals surface area contributed by atoms with Crippen molar-refractivity contribution in [2.75, 3.05) is 9.80 Å². The molecular formula is C66H58N4. The van der Waals surface area contributed by atoms with Gasteiger partial charge in [0.25, 0.3) is 0 Å². The Hall–Kier alpha value is -7.82. The Balaban J connectivity index is 1.09. The zero-order valence-electron chi connectivity index (χ0n) is 41.5. The van der Waals surface area contributed by atoms with Crippen LogP contribution >= 0.6 is 0 Å². The summed E-state index contributed by atoms with van der Waals surface area (Å²) in [5.41, 5.74) is 19.7. The number of benzene rings is 9. The summed E-state index contributed by atoms with van der Waals surface area (Å²) in [6.45, 7) is 18.3. The van der Waals surface area contributed by atoms with Crippen LogP contribution in [0, 0.1) is 0 Å². The lowest BCUT2D eigenvalue weighted by Gasteiger charge is -2.29. The molecule has 0 amide bonds. The maximum Gasteiger partial charge on any atom is 0.0641 e. The third-order valence-electron chi connectivity index (χ3n) is 15.4. The van der Waals surface area contributed by atoms with Crippen molar-refractivity contribution < 1.29 is 0 Å². The number of hydrogen-bond acceptors (Lipinski definition) is 2. The molecule has 70 heavy (non-hydrogen) atoms. The summed E-state index contributed by atoms with van der Waals surface area (Å²) in [5.74, 6) is 0. The van der Waals surface area contributed by atoms with Crippen LogP contribution in [-0.2, 0) is 23.7 Å². The molecule has 4 nitrogen and oxygen atoms in total. The molecule has 0 atom stereocenters. The highest BCUT2D eigenvalue weighted by molar-refractivity contribution is 6.32. The quantitative estimate of drug-likeness (QED) is 0.151. The standard InChI is InChI=1S/C66H58N4/c1-9-41-25-29-45(30-26-41)67(47-19-15-17-43(37-47)65(3,4)5)57-35-33-49-53-39-60-54(40-59(53)69-55-23-13-11-21-51(55)61(57)63(49)69)50-34-36-58(62-52-22-12-14-24-56(52)70(60)64(50)62)68(46-31-27-42(10-2)28-32-46)48-20-16-18-44(38-48)66(6,7)8/h11-40H,9-10H2,1-8H3. The van der Waals surface area contributed by atoms with Gasteiger partial charge in [0, 0.05) is 65.8 Å². The van der Waals surface area contributed by atoms with Gasteiger partial charge in [-0.3, -0.25) is 0 Å². The highest BCUT2D eigenvalue weighted by atomic mass is 15.2. The Morgan fingerprint density at radius 1 is 0.343 bits per heavy atom. The van der Waals surface area contributed by atoms with Crippen LogP contribution in [0.25, 0.3) is 76.2 Å². The van der Waals surface area contributed by atoms with Gasteiger partial charge >= 0.3 is 0 Å². The molecule has 4 aromatic heterocycles. The van der Waals surface area contributed by atoms with Gasteiger partial charge in [-0.05, 0) is 131 Å². The van der Waals surface area contributed by atoms with Crippen LogP contribution in [-0.4, -0.2) is 8.80 Å². The highest BCUT2D eigenvalue weighted by Crippen LogP contribution is 2.51. The van der Waals surface area contributed by atoms with Gasteiger partial charge in [-0.1, -0.05) is 152 Å². The molecule has 9 aromatic carbocycles. The minimum Gasteiger partial charge on any atom is -0.310 e. The molecule has 0 fully saturated rings. The fourth-order valence-corrected chi connectivity index (χ4v) is 11.7. The summed E-state index contributed by atoms with van der Waals surface area (Å²) in [6.07, 6.45) is 2.00. The third kappa shape index (κ3) is 6.21. The van der Waals surface area contributed by atoms with E-state index in [0.29, 0.717) is 0 Å². The number of hydrogen-bond donors (Lipinski definition) is 0. The van der Waals surface area contributed by atoms with E-state index in [9.17, 15) is 0 Å². The minimum absolute atomic E-state index is 0.00283. The SMILES string of the molecule is CCc1ccc(N(c2cccc(C(C)(C)C)c2)c2ccc3c4cc5c(cc4n4c6ccccc6c2c34)c2ccc(N(c3ccc(CC)cc3)c3cccc(C(C)(C)C)c3)c3c4ccccc4n5c23)cc1. The van der Waals surface area contributed by atoms with E-state index in [0.717, 1.165) is 35.6 Å². The van der Waals surface area contributed by atoms with E-state index < -0.39 is 0 Å². The summed E-state index contributed by atoms with van der Waals surface area (Å²) in [7, 11) is 0. The van der Waals surface area contributed by atoms with Gasteiger partial charge in [-0.15, -0.1) is 0 Å². The van der Waals surface area contributed by atoms with Gasteiger partial charge in [0.05, 0.1) is 44.5 Å². The van der Waals surface area contributed by atoms with E-state index in [1.807, 2.05) is 0 Å². The van der Waals surface area contributed by atoms with Crippen LogP contribution < -0.4 is 9.80 Å². The maximum atomic E-state index is 2.56. The predicted octanol–water partition coefficient (Wildman–Crippen LogP) is 18.6. The van der Waals surface area contributed by atoms with Crippen molar-refractivity contribution in [1.82, 2.24) is 8.80 Å². The van der Waals surface area contributed by atoms with Crippen molar-refractivity contribution in [3.8, 4) is 0 Å². The summed E-state index contributed by atoms with van der Waals surface area (Å²) in [4.78, 5) is 4.98. The molecule has 0 aliphatic heterocycles. The third-order valence-corrected chi connectivity index (χ3v) is 15.4. The molecule has 0 radical (unpaired) electrons. The maximum absolute atomic E-state index is 2.56. The lowest BCUT2D eigenvalue weighted by molar-refractivity contribution is 0.590. The highest BCUT2D eigenvalue weighted by Gasteiger charge is 2.29. The van der Waals surface area contributed by atoms with Crippen molar-refractivity contribution in [2.24, 2.45) is 0 Å². The first-order valence-electron chi connectivity index (χ1n) is 25.2. The average Bonchev–Trinajstić information content (AvgIpc) is 4.10. The minimum atomic E-state index is 0.00283. The lowest BCUT2D eigenvalue weighted by Crippen LogP contribution is -2.14.